The smallest absolute Gasteiger partial charge is 0.365 e. The number of fused-ring (bicyclic) bond motifs is 1. The summed E-state index contributed by atoms with van der Waals surface area (Å²) >= 11 is 6.67. The predicted octanol–water partition coefficient (Wildman–Crippen LogP) is 5.38. The third-order valence-corrected chi connectivity index (χ3v) is 7.53. The summed E-state index contributed by atoms with van der Waals surface area (Å²) in [7, 11) is 0. The number of piperidine rings is 1. The van der Waals surface area contributed by atoms with Crippen LogP contribution >= 0.6 is 23.6 Å². The molecule has 0 bridgehead atoms. The molecule has 1 spiro atoms. The number of halogens is 3. The van der Waals surface area contributed by atoms with Crippen molar-refractivity contribution in [3.63, 3.8) is 0 Å². The minimum absolute atomic E-state index is 0.283. The predicted molar refractivity (Wildman–Crippen MR) is 119 cm³/mol. The van der Waals surface area contributed by atoms with Crippen molar-refractivity contribution < 1.29 is 13.2 Å². The summed E-state index contributed by atoms with van der Waals surface area (Å²) in [4.78, 5) is 15.0. The lowest BCUT2D eigenvalue weighted by atomic mass is 9.72. The first-order valence-electron chi connectivity index (χ1n) is 10.1. The lowest BCUT2D eigenvalue weighted by Crippen LogP contribution is -2.61. The van der Waals surface area contributed by atoms with Crippen molar-refractivity contribution in [2.45, 2.75) is 45.2 Å². The average Bonchev–Trinajstić information content (AvgIpc) is 3.04. The van der Waals surface area contributed by atoms with Crippen LogP contribution in [0.25, 0.3) is 10.2 Å². The number of rotatable bonds is 5. The molecule has 0 saturated carbocycles. The van der Waals surface area contributed by atoms with Gasteiger partial charge in [-0.05, 0) is 32.3 Å². The van der Waals surface area contributed by atoms with Gasteiger partial charge in [-0.1, -0.05) is 17.8 Å². The number of thiophene rings is 1. The van der Waals surface area contributed by atoms with Gasteiger partial charge in [0.05, 0.1) is 16.8 Å². The SMILES string of the molecule is C=C(C)CCC(=S)N1CC2(CCN(c3ncnc4sc(CC(F)(F)F)cc34)CC2)C1. The van der Waals surface area contributed by atoms with Crippen molar-refractivity contribution in [1.29, 1.82) is 0 Å². The van der Waals surface area contributed by atoms with E-state index in [1.54, 1.807) is 6.07 Å². The van der Waals surface area contributed by atoms with E-state index in [0.29, 0.717) is 10.2 Å². The van der Waals surface area contributed by atoms with Crippen molar-refractivity contribution >= 4 is 44.6 Å². The van der Waals surface area contributed by atoms with Gasteiger partial charge in [-0.25, -0.2) is 9.97 Å². The van der Waals surface area contributed by atoms with Crippen LogP contribution in [0.2, 0.25) is 0 Å². The molecule has 30 heavy (non-hydrogen) atoms. The van der Waals surface area contributed by atoms with Crippen LogP contribution in [0.4, 0.5) is 19.0 Å². The van der Waals surface area contributed by atoms with Gasteiger partial charge in [0, 0.05) is 42.9 Å². The van der Waals surface area contributed by atoms with Gasteiger partial charge in [-0.3, -0.25) is 0 Å². The maximum atomic E-state index is 12.8. The Bertz CT molecular complexity index is 953. The molecule has 9 heteroatoms. The molecule has 0 amide bonds. The fourth-order valence-corrected chi connectivity index (χ4v) is 5.61. The molecule has 2 aromatic rings. The monoisotopic (exact) mass is 454 g/mol. The first-order valence-corrected chi connectivity index (χ1v) is 11.3. The van der Waals surface area contributed by atoms with E-state index in [9.17, 15) is 13.2 Å². The van der Waals surface area contributed by atoms with Crippen LogP contribution in [0.3, 0.4) is 0 Å². The van der Waals surface area contributed by atoms with Crippen molar-refractivity contribution in [3.8, 4) is 0 Å². The maximum absolute atomic E-state index is 12.8. The number of aromatic nitrogens is 2. The Hall–Kier alpha value is -1.74. The number of alkyl halides is 3. The topological polar surface area (TPSA) is 32.3 Å². The van der Waals surface area contributed by atoms with E-state index in [1.165, 1.54) is 6.33 Å². The van der Waals surface area contributed by atoms with Gasteiger partial charge in [0.2, 0.25) is 0 Å². The zero-order valence-corrected chi connectivity index (χ0v) is 18.6. The summed E-state index contributed by atoms with van der Waals surface area (Å²) in [5.74, 6) is 0.757. The molecule has 162 valence electrons. The van der Waals surface area contributed by atoms with E-state index in [4.69, 9.17) is 12.2 Å². The van der Waals surface area contributed by atoms with Crippen LogP contribution in [0.5, 0.6) is 0 Å². The number of hydrogen-bond donors (Lipinski definition) is 0. The standard InChI is InChI=1S/C21H25F3N4S2/c1-14(2)3-4-17(29)28-11-20(12-28)5-7-27(8-6-20)18-16-9-15(10-21(22,23)24)30-19(16)26-13-25-18/h9,13H,1,3-8,10-12H2,2H3. The molecule has 2 fully saturated rings. The highest BCUT2D eigenvalue weighted by Gasteiger charge is 2.45. The molecule has 2 aromatic heterocycles. The average molecular weight is 455 g/mol. The molecule has 2 saturated heterocycles. The molecule has 0 radical (unpaired) electrons. The summed E-state index contributed by atoms with van der Waals surface area (Å²) in [5, 5.41) is 0.730. The number of thiocarbonyl (C=S) groups is 1. The molecular weight excluding hydrogens is 429 g/mol. The summed E-state index contributed by atoms with van der Waals surface area (Å²) < 4.78 is 38.3. The zero-order chi connectivity index (χ0) is 21.5. The molecule has 4 rings (SSSR count). The van der Waals surface area contributed by atoms with Crippen molar-refractivity contribution in [2.75, 3.05) is 31.1 Å². The molecule has 4 nitrogen and oxygen atoms in total. The summed E-state index contributed by atoms with van der Waals surface area (Å²) in [6.07, 6.45) is 0.238. The van der Waals surface area contributed by atoms with Gasteiger partial charge in [0.25, 0.3) is 0 Å². The Morgan fingerprint density at radius 2 is 1.93 bits per heavy atom. The highest BCUT2D eigenvalue weighted by atomic mass is 32.1. The van der Waals surface area contributed by atoms with E-state index in [0.717, 1.165) is 85.0 Å². The van der Waals surface area contributed by atoms with Crippen LogP contribution in [-0.4, -0.2) is 52.2 Å². The highest BCUT2D eigenvalue weighted by molar-refractivity contribution is 7.80. The Labute approximate surface area is 183 Å². The molecule has 0 atom stereocenters. The van der Waals surface area contributed by atoms with E-state index in [2.05, 4.69) is 26.3 Å². The summed E-state index contributed by atoms with van der Waals surface area (Å²) in [5.41, 5.74) is 1.45. The maximum Gasteiger partial charge on any atom is 0.393 e. The van der Waals surface area contributed by atoms with Crippen LogP contribution in [0.15, 0.2) is 24.5 Å². The Morgan fingerprint density at radius 3 is 2.57 bits per heavy atom. The second kappa shape index (κ2) is 8.07. The Kier molecular flexibility index (Phi) is 5.78. The van der Waals surface area contributed by atoms with Crippen LogP contribution < -0.4 is 4.90 Å². The Balaban J connectivity index is 1.39. The largest absolute Gasteiger partial charge is 0.393 e. The van der Waals surface area contributed by atoms with E-state index in [1.807, 2.05) is 6.92 Å². The third-order valence-electron chi connectivity index (χ3n) is 6.03. The third kappa shape index (κ3) is 4.61. The van der Waals surface area contributed by atoms with E-state index < -0.39 is 12.6 Å². The quantitative estimate of drug-likeness (QED) is 0.447. The number of allylic oxidation sites excluding steroid dienone is 1. The van der Waals surface area contributed by atoms with E-state index >= 15 is 0 Å². The number of nitrogens with zero attached hydrogens (tertiary/aromatic N) is 4. The molecule has 4 heterocycles. The molecule has 2 aliphatic rings. The number of likely N-dealkylation sites (tertiary alicyclic amines) is 1. The lowest BCUT2D eigenvalue weighted by Gasteiger charge is -2.55. The van der Waals surface area contributed by atoms with E-state index in [-0.39, 0.29) is 4.88 Å². The second-order valence-corrected chi connectivity index (χ2v) is 10.2. The van der Waals surface area contributed by atoms with Crippen LogP contribution in [0.1, 0.15) is 37.5 Å². The number of hydrogen-bond acceptors (Lipinski definition) is 5. The minimum atomic E-state index is -4.22. The summed E-state index contributed by atoms with van der Waals surface area (Å²) in [6, 6.07) is 1.61. The van der Waals surface area contributed by atoms with Gasteiger partial charge in [-0.15, -0.1) is 17.9 Å². The number of anilines is 1. The van der Waals surface area contributed by atoms with Gasteiger partial charge >= 0.3 is 6.18 Å². The van der Waals surface area contributed by atoms with Gasteiger partial charge in [0.15, 0.2) is 0 Å². The van der Waals surface area contributed by atoms with Crippen molar-refractivity contribution in [1.82, 2.24) is 14.9 Å². The van der Waals surface area contributed by atoms with Crippen molar-refractivity contribution in [2.24, 2.45) is 5.41 Å². The molecule has 2 aliphatic heterocycles. The van der Waals surface area contributed by atoms with Crippen LogP contribution in [0, 0.1) is 5.41 Å². The molecule has 0 aliphatic carbocycles. The lowest BCUT2D eigenvalue weighted by molar-refractivity contribution is -0.126. The van der Waals surface area contributed by atoms with Gasteiger partial charge in [-0.2, -0.15) is 13.2 Å². The summed E-state index contributed by atoms with van der Waals surface area (Å²) in [6.45, 7) is 9.68. The second-order valence-electron chi connectivity index (χ2n) is 8.61. The highest BCUT2D eigenvalue weighted by Crippen LogP contribution is 2.43. The van der Waals surface area contributed by atoms with Crippen molar-refractivity contribution in [3.05, 3.63) is 29.4 Å². The molecular formula is C21H25F3N4S2. The fourth-order valence-electron chi connectivity index (χ4n) is 4.36. The van der Waals surface area contributed by atoms with Crippen LogP contribution in [-0.2, 0) is 6.42 Å². The zero-order valence-electron chi connectivity index (χ0n) is 17.0. The normalized spacial score (nSPS) is 18.7. The van der Waals surface area contributed by atoms with Gasteiger partial charge in [0.1, 0.15) is 17.0 Å². The molecule has 0 aromatic carbocycles. The fraction of sp³-hybridized carbons (Fsp3) is 0.571. The molecule has 0 unspecified atom stereocenters. The first-order chi connectivity index (χ1) is 14.1. The first kappa shape index (κ1) is 21.5. The minimum Gasteiger partial charge on any atom is -0.365 e. The molecule has 0 N–H and O–H groups in total. The Morgan fingerprint density at radius 1 is 1.23 bits per heavy atom. The van der Waals surface area contributed by atoms with Gasteiger partial charge < -0.3 is 9.80 Å².